The number of hydrogen-bond donors (Lipinski definition) is 1. The van der Waals surface area contributed by atoms with Crippen molar-refractivity contribution < 1.29 is 4.74 Å². The average Bonchev–Trinajstić information content (AvgIpc) is 2.68. The number of morpholine rings is 1. The maximum absolute atomic E-state index is 5.78. The Morgan fingerprint density at radius 1 is 1.14 bits per heavy atom. The van der Waals surface area contributed by atoms with Gasteiger partial charge < -0.3 is 15.0 Å². The first kappa shape index (κ1) is 20.7. The minimum absolute atomic E-state index is 0.767. The first-order valence-electron chi connectivity index (χ1n) is 9.93. The van der Waals surface area contributed by atoms with Crippen molar-refractivity contribution in [3.63, 3.8) is 0 Å². The van der Waals surface area contributed by atoms with Crippen molar-refractivity contribution in [2.75, 3.05) is 44.7 Å². The summed E-state index contributed by atoms with van der Waals surface area (Å²) < 4.78 is 5.44. The summed E-state index contributed by atoms with van der Waals surface area (Å²) in [5.41, 5.74) is 4.73. The fourth-order valence-corrected chi connectivity index (χ4v) is 3.79. The minimum Gasteiger partial charge on any atom is -0.379 e. The van der Waals surface area contributed by atoms with E-state index in [9.17, 15) is 0 Å². The van der Waals surface area contributed by atoms with Gasteiger partial charge in [0, 0.05) is 50.8 Å². The molecule has 6 heteroatoms. The monoisotopic (exact) mass is 398 g/mol. The largest absolute Gasteiger partial charge is 0.379 e. The van der Waals surface area contributed by atoms with Gasteiger partial charge in [-0.25, -0.2) is 0 Å². The number of rotatable bonds is 7. The van der Waals surface area contributed by atoms with Gasteiger partial charge in [-0.15, -0.1) is 0 Å². The molecule has 0 spiro atoms. The number of aromatic nitrogens is 1. The molecule has 5 nitrogen and oxygen atoms in total. The van der Waals surface area contributed by atoms with Crippen molar-refractivity contribution in [3.8, 4) is 0 Å². The van der Waals surface area contributed by atoms with Crippen LogP contribution in [0.25, 0.3) is 0 Å². The highest BCUT2D eigenvalue weighted by Crippen LogP contribution is 2.15. The molecule has 2 heterocycles. The number of anilines is 1. The maximum atomic E-state index is 5.78. The molecule has 1 aliphatic rings. The molecule has 1 N–H and O–H groups in total. The molecule has 1 fully saturated rings. The Kier molecular flexibility index (Phi) is 7.77. The van der Waals surface area contributed by atoms with Crippen LogP contribution in [0.2, 0.25) is 0 Å². The number of benzene rings is 1. The van der Waals surface area contributed by atoms with Crippen LogP contribution < -0.4 is 5.32 Å². The lowest BCUT2D eigenvalue weighted by Crippen LogP contribution is -2.40. The van der Waals surface area contributed by atoms with Crippen LogP contribution >= 0.6 is 12.2 Å². The van der Waals surface area contributed by atoms with Crippen molar-refractivity contribution in [1.29, 1.82) is 0 Å². The van der Waals surface area contributed by atoms with Crippen LogP contribution in [0.1, 0.15) is 23.1 Å². The topological polar surface area (TPSA) is 40.6 Å². The van der Waals surface area contributed by atoms with Crippen molar-refractivity contribution in [2.24, 2.45) is 0 Å². The normalized spacial score (nSPS) is 14.6. The molecule has 1 aromatic heterocycles. The van der Waals surface area contributed by atoms with Gasteiger partial charge in [0.25, 0.3) is 0 Å². The number of ether oxygens (including phenoxy) is 1. The van der Waals surface area contributed by atoms with Crippen LogP contribution in [0.5, 0.6) is 0 Å². The van der Waals surface area contributed by atoms with E-state index >= 15 is 0 Å². The van der Waals surface area contributed by atoms with Gasteiger partial charge in [0.1, 0.15) is 0 Å². The lowest BCUT2D eigenvalue weighted by atomic mass is 10.1. The number of nitrogens with zero attached hydrogens (tertiary/aromatic N) is 3. The van der Waals surface area contributed by atoms with Gasteiger partial charge in [-0.2, -0.15) is 0 Å². The summed E-state index contributed by atoms with van der Waals surface area (Å²) in [6, 6.07) is 10.5. The average molecular weight is 399 g/mol. The molecule has 3 rings (SSSR count). The molecule has 0 bridgehead atoms. The molecule has 0 aliphatic carbocycles. The molecule has 1 aromatic carbocycles. The van der Waals surface area contributed by atoms with E-state index in [0.717, 1.165) is 63.2 Å². The molecule has 28 heavy (non-hydrogen) atoms. The molecule has 0 saturated carbocycles. The van der Waals surface area contributed by atoms with E-state index in [2.05, 4.69) is 64.3 Å². The predicted octanol–water partition coefficient (Wildman–Crippen LogP) is 3.62. The third-order valence-electron chi connectivity index (χ3n) is 4.89. The van der Waals surface area contributed by atoms with Crippen molar-refractivity contribution >= 4 is 23.0 Å². The van der Waals surface area contributed by atoms with E-state index in [1.54, 1.807) is 0 Å². The smallest absolute Gasteiger partial charge is 0.173 e. The number of hydrogen-bond acceptors (Lipinski definition) is 4. The van der Waals surface area contributed by atoms with Crippen molar-refractivity contribution in [3.05, 3.63) is 59.4 Å². The fourth-order valence-electron chi connectivity index (χ4n) is 3.52. The lowest BCUT2D eigenvalue weighted by Gasteiger charge is -2.29. The first-order chi connectivity index (χ1) is 13.6. The summed E-state index contributed by atoms with van der Waals surface area (Å²) in [4.78, 5) is 8.84. The highest BCUT2D eigenvalue weighted by molar-refractivity contribution is 7.80. The Morgan fingerprint density at radius 2 is 1.82 bits per heavy atom. The molecular weight excluding hydrogens is 368 g/mol. The number of pyridine rings is 1. The molecular formula is C22H30N4OS. The highest BCUT2D eigenvalue weighted by atomic mass is 32.1. The Bertz CT molecular complexity index is 742. The minimum atomic E-state index is 0.767. The van der Waals surface area contributed by atoms with Gasteiger partial charge in [0.05, 0.1) is 13.2 Å². The highest BCUT2D eigenvalue weighted by Gasteiger charge is 2.14. The lowest BCUT2D eigenvalue weighted by molar-refractivity contribution is 0.0368. The Hall–Kier alpha value is -2.02. The number of aryl methyl sites for hydroxylation is 2. The van der Waals surface area contributed by atoms with Crippen molar-refractivity contribution in [1.82, 2.24) is 14.8 Å². The van der Waals surface area contributed by atoms with E-state index in [0.29, 0.717) is 0 Å². The van der Waals surface area contributed by atoms with Gasteiger partial charge in [0.2, 0.25) is 0 Å². The Balaban J connectivity index is 1.62. The summed E-state index contributed by atoms with van der Waals surface area (Å²) in [6.07, 6.45) is 4.74. The second-order valence-electron chi connectivity index (χ2n) is 7.39. The van der Waals surface area contributed by atoms with E-state index < -0.39 is 0 Å². The van der Waals surface area contributed by atoms with Gasteiger partial charge in [-0.05, 0) is 73.4 Å². The molecule has 0 atom stereocenters. The summed E-state index contributed by atoms with van der Waals surface area (Å²) in [7, 11) is 0. The molecule has 1 aliphatic heterocycles. The van der Waals surface area contributed by atoms with Gasteiger partial charge in [0.15, 0.2) is 5.11 Å². The number of thiocarbonyl (C=S) groups is 1. The molecule has 2 aromatic rings. The van der Waals surface area contributed by atoms with E-state index in [1.807, 2.05) is 12.4 Å². The van der Waals surface area contributed by atoms with Crippen LogP contribution in [-0.4, -0.2) is 59.3 Å². The van der Waals surface area contributed by atoms with Crippen LogP contribution in [0.3, 0.4) is 0 Å². The van der Waals surface area contributed by atoms with Gasteiger partial charge in [-0.3, -0.25) is 9.88 Å². The van der Waals surface area contributed by atoms with Crippen LogP contribution in [-0.2, 0) is 11.3 Å². The summed E-state index contributed by atoms with van der Waals surface area (Å²) in [6.45, 7) is 10.7. The standard InChI is InChI=1S/C22H30N4OS/c1-18-14-19(2)16-21(15-18)24-22(28)26(17-20-4-6-23-7-5-20)9-3-8-25-10-12-27-13-11-25/h4-7,14-16H,3,8-13,17H2,1-2H3,(H,24,28). The first-order valence-corrected chi connectivity index (χ1v) is 10.3. The van der Waals surface area contributed by atoms with Crippen LogP contribution in [0, 0.1) is 13.8 Å². The fraction of sp³-hybridized carbons (Fsp3) is 0.455. The number of nitrogens with one attached hydrogen (secondary N) is 1. The molecule has 0 amide bonds. The Labute approximate surface area is 173 Å². The van der Waals surface area contributed by atoms with Gasteiger partial charge >= 0.3 is 0 Å². The third-order valence-corrected chi connectivity index (χ3v) is 5.25. The summed E-state index contributed by atoms with van der Waals surface area (Å²) >= 11 is 5.78. The SMILES string of the molecule is Cc1cc(C)cc(NC(=S)N(CCCN2CCOCC2)Cc2ccncc2)c1. The van der Waals surface area contributed by atoms with E-state index in [1.165, 1.54) is 16.7 Å². The van der Waals surface area contributed by atoms with E-state index in [4.69, 9.17) is 17.0 Å². The van der Waals surface area contributed by atoms with E-state index in [-0.39, 0.29) is 0 Å². The molecule has 150 valence electrons. The molecule has 1 saturated heterocycles. The van der Waals surface area contributed by atoms with Crippen molar-refractivity contribution in [2.45, 2.75) is 26.8 Å². The predicted molar refractivity (Wildman–Crippen MR) is 119 cm³/mol. The van der Waals surface area contributed by atoms with Crippen LogP contribution in [0.4, 0.5) is 5.69 Å². The molecule has 0 radical (unpaired) electrons. The third kappa shape index (κ3) is 6.55. The second-order valence-corrected chi connectivity index (χ2v) is 7.78. The summed E-state index contributed by atoms with van der Waals surface area (Å²) in [5.74, 6) is 0. The second kappa shape index (κ2) is 10.5. The zero-order chi connectivity index (χ0) is 19.8. The molecule has 0 unspecified atom stereocenters. The van der Waals surface area contributed by atoms with Crippen LogP contribution in [0.15, 0.2) is 42.7 Å². The quantitative estimate of drug-likeness (QED) is 0.719. The summed E-state index contributed by atoms with van der Waals surface area (Å²) in [5, 5.41) is 4.21. The Morgan fingerprint density at radius 3 is 2.50 bits per heavy atom. The van der Waals surface area contributed by atoms with Gasteiger partial charge in [-0.1, -0.05) is 6.07 Å². The zero-order valence-corrected chi connectivity index (χ0v) is 17.7. The maximum Gasteiger partial charge on any atom is 0.173 e. The zero-order valence-electron chi connectivity index (χ0n) is 16.9.